The highest BCUT2D eigenvalue weighted by molar-refractivity contribution is 6.32. The molecule has 1 aliphatic heterocycles. The van der Waals surface area contributed by atoms with E-state index in [4.69, 9.17) is 21.1 Å². The van der Waals surface area contributed by atoms with Crippen LogP contribution >= 0.6 is 11.6 Å². The number of aldehydes is 1. The number of hydrogen-bond acceptors (Lipinski definition) is 4. The van der Waals surface area contributed by atoms with Crippen molar-refractivity contribution in [2.24, 2.45) is 0 Å². The van der Waals surface area contributed by atoms with E-state index in [0.717, 1.165) is 43.3 Å². The van der Waals surface area contributed by atoms with Gasteiger partial charge >= 0.3 is 0 Å². The molecule has 3 aromatic rings. The van der Waals surface area contributed by atoms with Crippen molar-refractivity contribution in [1.29, 1.82) is 0 Å². The summed E-state index contributed by atoms with van der Waals surface area (Å²) in [6.07, 6.45) is 7.52. The van der Waals surface area contributed by atoms with Crippen molar-refractivity contribution in [3.63, 3.8) is 0 Å². The van der Waals surface area contributed by atoms with Gasteiger partial charge in [-0.15, -0.1) is 0 Å². The van der Waals surface area contributed by atoms with Gasteiger partial charge in [0.25, 0.3) is 0 Å². The first-order valence-corrected chi connectivity index (χ1v) is 13.7. The lowest BCUT2D eigenvalue weighted by molar-refractivity contribution is -0.101. The van der Waals surface area contributed by atoms with Gasteiger partial charge in [-0.2, -0.15) is 0 Å². The number of rotatable bonds is 9. The molecule has 3 aromatic carbocycles. The van der Waals surface area contributed by atoms with E-state index in [1.807, 2.05) is 13.0 Å². The predicted octanol–water partition coefficient (Wildman–Crippen LogP) is 7.88. The zero-order valence-electron chi connectivity index (χ0n) is 23.1. The summed E-state index contributed by atoms with van der Waals surface area (Å²) in [4.78, 5) is 11.2. The summed E-state index contributed by atoms with van der Waals surface area (Å²) in [6.45, 7) is 12.7. The normalized spacial score (nSPS) is 19.6. The molecule has 1 aliphatic rings. The van der Waals surface area contributed by atoms with Gasteiger partial charge in [0, 0.05) is 18.7 Å². The summed E-state index contributed by atoms with van der Waals surface area (Å²) >= 11 is 6.36. The molecule has 1 N–H and O–H groups in total. The minimum Gasteiger partial charge on any atom is -0.487 e. The molecule has 38 heavy (non-hydrogen) atoms. The van der Waals surface area contributed by atoms with Gasteiger partial charge in [-0.3, -0.25) is 4.79 Å². The minimum absolute atomic E-state index is 0.113. The highest BCUT2D eigenvalue weighted by atomic mass is 35.5. The zero-order valence-corrected chi connectivity index (χ0v) is 23.8. The molecule has 4 rings (SSSR count). The number of morpholine rings is 1. The fraction of sp³-hybridized carbons (Fsp3) is 0.364. The van der Waals surface area contributed by atoms with Crippen LogP contribution in [0.2, 0.25) is 5.02 Å². The quantitative estimate of drug-likeness (QED) is 0.285. The lowest BCUT2D eigenvalue weighted by Crippen LogP contribution is -2.51. The van der Waals surface area contributed by atoms with E-state index in [2.05, 4.69) is 81.6 Å². The third-order valence-corrected chi connectivity index (χ3v) is 7.79. The van der Waals surface area contributed by atoms with Gasteiger partial charge in [0.05, 0.1) is 16.7 Å². The molecule has 1 fully saturated rings. The Morgan fingerprint density at radius 3 is 2.55 bits per heavy atom. The largest absolute Gasteiger partial charge is 0.487 e. The lowest BCUT2D eigenvalue weighted by atomic mass is 9.91. The smallest absolute Gasteiger partial charge is 0.150 e. The Kier molecular flexibility index (Phi) is 9.09. The maximum absolute atomic E-state index is 11.2. The van der Waals surface area contributed by atoms with Crippen molar-refractivity contribution < 1.29 is 14.3 Å². The Hall–Kier alpha value is -2.92. The van der Waals surface area contributed by atoms with Gasteiger partial charge in [0.2, 0.25) is 0 Å². The Morgan fingerprint density at radius 2 is 1.82 bits per heavy atom. The minimum atomic E-state index is -0.113. The number of hydrogen-bond donors (Lipinski definition) is 1. The number of carbonyl (C=O) groups is 1. The summed E-state index contributed by atoms with van der Waals surface area (Å²) in [6, 6.07) is 16.3. The second-order valence-corrected chi connectivity index (χ2v) is 11.0. The molecule has 2 atom stereocenters. The van der Waals surface area contributed by atoms with E-state index < -0.39 is 0 Å². The van der Waals surface area contributed by atoms with E-state index in [1.54, 1.807) is 6.07 Å². The van der Waals surface area contributed by atoms with Crippen molar-refractivity contribution in [3.8, 4) is 16.9 Å². The van der Waals surface area contributed by atoms with E-state index in [9.17, 15) is 4.79 Å². The second-order valence-electron chi connectivity index (χ2n) is 10.6. The van der Waals surface area contributed by atoms with Crippen molar-refractivity contribution in [3.05, 3.63) is 93.0 Å². The molecule has 0 spiro atoms. The molecule has 0 saturated carbocycles. The van der Waals surface area contributed by atoms with Gasteiger partial charge in [0.15, 0.2) is 0 Å². The molecular weight excluding hydrogens is 494 g/mol. The van der Waals surface area contributed by atoms with Crippen molar-refractivity contribution in [1.82, 2.24) is 5.32 Å². The maximum Gasteiger partial charge on any atom is 0.150 e. The Balaban J connectivity index is 1.48. The van der Waals surface area contributed by atoms with E-state index in [-0.39, 0.29) is 11.7 Å². The first-order chi connectivity index (χ1) is 18.2. The molecule has 0 amide bonds. The van der Waals surface area contributed by atoms with Gasteiger partial charge < -0.3 is 14.8 Å². The van der Waals surface area contributed by atoms with Gasteiger partial charge in [0.1, 0.15) is 18.6 Å². The topological polar surface area (TPSA) is 47.6 Å². The van der Waals surface area contributed by atoms with Crippen LogP contribution in [-0.4, -0.2) is 31.1 Å². The van der Waals surface area contributed by atoms with E-state index >= 15 is 0 Å². The number of halogens is 1. The Bertz CT molecular complexity index is 1330. The molecular formula is C33H38ClNO3. The molecule has 200 valence electrons. The number of benzene rings is 3. The molecule has 5 heteroatoms. The van der Waals surface area contributed by atoms with E-state index in [0.29, 0.717) is 22.9 Å². The fourth-order valence-corrected chi connectivity index (χ4v) is 5.40. The van der Waals surface area contributed by atoms with Crippen LogP contribution in [0.4, 0.5) is 0 Å². The second kappa shape index (κ2) is 12.3. The summed E-state index contributed by atoms with van der Waals surface area (Å²) in [5.74, 6) is 0.584. The van der Waals surface area contributed by atoms with Gasteiger partial charge in [-0.1, -0.05) is 60.2 Å². The summed E-state index contributed by atoms with van der Waals surface area (Å²) < 4.78 is 12.3. The first kappa shape index (κ1) is 28.1. The number of nitrogens with one attached hydrogen (secondary N) is 1. The molecule has 0 bridgehead atoms. The van der Waals surface area contributed by atoms with Gasteiger partial charge in [-0.05, 0) is 98.5 Å². The highest BCUT2D eigenvalue weighted by Crippen LogP contribution is 2.33. The first-order valence-electron chi connectivity index (χ1n) is 13.3. The summed E-state index contributed by atoms with van der Waals surface area (Å²) in [5.41, 5.74) is 8.48. The lowest BCUT2D eigenvalue weighted by Gasteiger charge is -2.38. The zero-order chi connectivity index (χ0) is 27.3. The van der Waals surface area contributed by atoms with Crippen LogP contribution < -0.4 is 10.1 Å². The molecule has 1 saturated heterocycles. The van der Waals surface area contributed by atoms with Crippen molar-refractivity contribution in [2.45, 2.75) is 65.8 Å². The Morgan fingerprint density at radius 1 is 1.08 bits per heavy atom. The van der Waals surface area contributed by atoms with Crippen LogP contribution in [0.1, 0.15) is 64.9 Å². The maximum atomic E-state index is 11.2. The predicted molar refractivity (Wildman–Crippen MR) is 157 cm³/mol. The SMILES string of the molecule is Cc1cc(OCc2cccc(-c3cccc(/C=C/CCC4(C)CNCC(C)O4)c3C)c2C)c(Cl)cc1C=O. The molecule has 1 heterocycles. The summed E-state index contributed by atoms with van der Waals surface area (Å²) in [5, 5.41) is 3.92. The number of allylic oxidation sites excluding steroid dienone is 1. The average Bonchev–Trinajstić information content (AvgIpc) is 2.88. The number of aryl methyl sites for hydroxylation is 1. The molecule has 0 radical (unpaired) electrons. The molecule has 0 aromatic heterocycles. The fourth-order valence-electron chi connectivity index (χ4n) is 5.18. The monoisotopic (exact) mass is 531 g/mol. The standard InChI is InChI=1S/C33H38ClNO3/c1-22-16-32(31(34)17-28(22)19-36)37-20-27-12-9-14-30(25(27)4)29-13-8-11-26(24(29)3)10-6-7-15-33(5)21-35-18-23(2)38-33/h6,8-14,16-17,19,23,35H,7,15,18,20-21H2,1-5H3/b10-6+. The highest BCUT2D eigenvalue weighted by Gasteiger charge is 2.30. The molecule has 2 unspecified atom stereocenters. The van der Waals surface area contributed by atoms with Crippen LogP contribution in [0.25, 0.3) is 17.2 Å². The average molecular weight is 532 g/mol. The third kappa shape index (κ3) is 6.55. The summed E-state index contributed by atoms with van der Waals surface area (Å²) in [7, 11) is 0. The van der Waals surface area contributed by atoms with Gasteiger partial charge in [-0.25, -0.2) is 0 Å². The van der Waals surface area contributed by atoms with Crippen molar-refractivity contribution >= 4 is 24.0 Å². The Labute approximate surface area is 232 Å². The third-order valence-electron chi connectivity index (χ3n) is 7.50. The van der Waals surface area contributed by atoms with Crippen LogP contribution in [0, 0.1) is 20.8 Å². The molecule has 0 aliphatic carbocycles. The number of carbonyl (C=O) groups excluding carboxylic acids is 1. The van der Waals surface area contributed by atoms with Crippen LogP contribution in [0.15, 0.2) is 54.6 Å². The van der Waals surface area contributed by atoms with Crippen LogP contribution in [-0.2, 0) is 11.3 Å². The van der Waals surface area contributed by atoms with Crippen LogP contribution in [0.5, 0.6) is 5.75 Å². The molecule has 4 nitrogen and oxygen atoms in total. The van der Waals surface area contributed by atoms with Crippen LogP contribution in [0.3, 0.4) is 0 Å². The number of ether oxygens (including phenoxy) is 2. The van der Waals surface area contributed by atoms with E-state index in [1.165, 1.54) is 27.8 Å². The van der Waals surface area contributed by atoms with Crippen molar-refractivity contribution in [2.75, 3.05) is 13.1 Å².